The number of amides is 1. The summed E-state index contributed by atoms with van der Waals surface area (Å²) in [5.41, 5.74) is 5.78. The van der Waals surface area contributed by atoms with Crippen LogP contribution in [0.25, 0.3) is 0 Å². The van der Waals surface area contributed by atoms with Gasteiger partial charge in [-0.05, 0) is 13.3 Å². The fraction of sp³-hybridized carbons (Fsp3) is 0.889. The van der Waals surface area contributed by atoms with Crippen LogP contribution in [-0.2, 0) is 14.6 Å². The Labute approximate surface area is 89.5 Å². The first kappa shape index (κ1) is 10.9. The highest BCUT2D eigenvalue weighted by atomic mass is 32.2. The highest BCUT2D eigenvalue weighted by Gasteiger charge is 2.42. The van der Waals surface area contributed by atoms with Crippen LogP contribution in [0.5, 0.6) is 0 Å². The Morgan fingerprint density at radius 3 is 2.53 bits per heavy atom. The molecule has 2 aliphatic rings. The summed E-state index contributed by atoms with van der Waals surface area (Å²) < 4.78 is 22.6. The minimum Gasteiger partial charge on any atom is -0.334 e. The van der Waals surface area contributed by atoms with Gasteiger partial charge < -0.3 is 10.6 Å². The van der Waals surface area contributed by atoms with Gasteiger partial charge >= 0.3 is 0 Å². The van der Waals surface area contributed by atoms with Crippen molar-refractivity contribution in [3.63, 3.8) is 0 Å². The molecule has 0 radical (unpaired) electrons. The van der Waals surface area contributed by atoms with Gasteiger partial charge in [0.1, 0.15) is 0 Å². The monoisotopic (exact) mass is 232 g/mol. The third-order valence-corrected chi connectivity index (χ3v) is 5.11. The standard InChI is InChI=1S/C9H16N2O3S/c1-6-8(10)4-9(12)11(6)7-2-3-15(13,14)5-7/h6-8H,2-5,10H2,1H3. The Morgan fingerprint density at radius 2 is 2.13 bits per heavy atom. The van der Waals surface area contributed by atoms with Crippen molar-refractivity contribution in [2.75, 3.05) is 11.5 Å². The summed E-state index contributed by atoms with van der Waals surface area (Å²) in [7, 11) is -2.93. The fourth-order valence-electron chi connectivity index (χ4n) is 2.44. The lowest BCUT2D eigenvalue weighted by Gasteiger charge is -2.28. The number of nitrogens with two attached hydrogens (primary N) is 1. The average Bonchev–Trinajstić information content (AvgIpc) is 2.56. The zero-order valence-corrected chi connectivity index (χ0v) is 9.53. The van der Waals surface area contributed by atoms with Crippen LogP contribution in [0, 0.1) is 0 Å². The molecule has 6 heteroatoms. The molecule has 2 N–H and O–H groups in total. The summed E-state index contributed by atoms with van der Waals surface area (Å²) in [5.74, 6) is 0.302. The summed E-state index contributed by atoms with van der Waals surface area (Å²) in [6.07, 6.45) is 0.906. The first-order chi connectivity index (χ1) is 6.91. The maximum absolute atomic E-state index is 11.6. The molecule has 0 aliphatic carbocycles. The molecule has 2 aliphatic heterocycles. The zero-order valence-electron chi connectivity index (χ0n) is 8.72. The molecular formula is C9H16N2O3S. The van der Waals surface area contributed by atoms with Gasteiger partial charge in [-0.1, -0.05) is 0 Å². The van der Waals surface area contributed by atoms with E-state index in [1.165, 1.54) is 0 Å². The molecule has 0 bridgehead atoms. The SMILES string of the molecule is CC1C(N)CC(=O)N1C1CCS(=O)(=O)C1. The first-order valence-corrected chi connectivity index (χ1v) is 7.00. The number of rotatable bonds is 1. The van der Waals surface area contributed by atoms with E-state index in [-0.39, 0.29) is 35.5 Å². The predicted octanol–water partition coefficient (Wildman–Crippen LogP) is -0.878. The summed E-state index contributed by atoms with van der Waals surface area (Å²) in [6, 6.07) is -0.331. The zero-order chi connectivity index (χ0) is 11.2. The molecule has 3 unspecified atom stereocenters. The van der Waals surface area contributed by atoms with Gasteiger partial charge in [-0.2, -0.15) is 0 Å². The van der Waals surface area contributed by atoms with E-state index < -0.39 is 9.84 Å². The largest absolute Gasteiger partial charge is 0.334 e. The number of carbonyl (C=O) groups excluding carboxylic acids is 1. The molecule has 5 nitrogen and oxygen atoms in total. The third-order valence-electron chi connectivity index (χ3n) is 3.36. The van der Waals surface area contributed by atoms with Gasteiger partial charge in [0.05, 0.1) is 11.5 Å². The van der Waals surface area contributed by atoms with Crippen molar-refractivity contribution in [1.29, 1.82) is 0 Å². The topological polar surface area (TPSA) is 80.5 Å². The number of likely N-dealkylation sites (tertiary alicyclic amines) is 1. The summed E-state index contributed by atoms with van der Waals surface area (Å²) in [6.45, 7) is 1.89. The molecule has 2 heterocycles. The average molecular weight is 232 g/mol. The number of carbonyl (C=O) groups is 1. The molecule has 3 atom stereocenters. The molecule has 0 aromatic rings. The van der Waals surface area contributed by atoms with E-state index in [0.717, 1.165) is 0 Å². The smallest absolute Gasteiger partial charge is 0.224 e. The van der Waals surface area contributed by atoms with Crippen LogP contribution in [0.2, 0.25) is 0 Å². The van der Waals surface area contributed by atoms with E-state index in [0.29, 0.717) is 12.8 Å². The van der Waals surface area contributed by atoms with Gasteiger partial charge in [0.15, 0.2) is 9.84 Å². The van der Waals surface area contributed by atoms with Crippen LogP contribution in [0.4, 0.5) is 0 Å². The predicted molar refractivity (Wildman–Crippen MR) is 56.0 cm³/mol. The molecule has 15 heavy (non-hydrogen) atoms. The van der Waals surface area contributed by atoms with Crippen molar-refractivity contribution in [3.05, 3.63) is 0 Å². The Kier molecular flexibility index (Phi) is 2.50. The molecule has 2 saturated heterocycles. The lowest BCUT2D eigenvalue weighted by molar-refractivity contribution is -0.130. The van der Waals surface area contributed by atoms with Gasteiger partial charge in [0.25, 0.3) is 0 Å². The van der Waals surface area contributed by atoms with E-state index in [1.54, 1.807) is 4.90 Å². The van der Waals surface area contributed by atoms with Gasteiger partial charge in [-0.15, -0.1) is 0 Å². The summed E-state index contributed by atoms with van der Waals surface area (Å²) >= 11 is 0. The van der Waals surface area contributed by atoms with Gasteiger partial charge in [0, 0.05) is 24.5 Å². The molecule has 0 saturated carbocycles. The number of hydrogen-bond donors (Lipinski definition) is 1. The number of nitrogens with zero attached hydrogens (tertiary/aromatic N) is 1. The van der Waals surface area contributed by atoms with Crippen LogP contribution in [0.1, 0.15) is 19.8 Å². The van der Waals surface area contributed by atoms with E-state index in [1.807, 2.05) is 6.92 Å². The third kappa shape index (κ3) is 1.88. The molecule has 2 rings (SSSR count). The second-order valence-corrected chi connectivity index (χ2v) is 6.70. The van der Waals surface area contributed by atoms with E-state index in [4.69, 9.17) is 5.73 Å². The number of sulfone groups is 1. The van der Waals surface area contributed by atoms with Crippen molar-refractivity contribution in [3.8, 4) is 0 Å². The van der Waals surface area contributed by atoms with Gasteiger partial charge in [-0.25, -0.2) is 8.42 Å². The van der Waals surface area contributed by atoms with Gasteiger partial charge in [0.2, 0.25) is 5.91 Å². The van der Waals surface area contributed by atoms with Gasteiger partial charge in [-0.3, -0.25) is 4.79 Å². The lowest BCUT2D eigenvalue weighted by Crippen LogP contribution is -2.45. The lowest BCUT2D eigenvalue weighted by atomic mass is 10.1. The minimum absolute atomic E-state index is 0.00269. The molecule has 86 valence electrons. The Bertz CT molecular complexity index is 379. The second-order valence-electron chi connectivity index (χ2n) is 4.47. The van der Waals surface area contributed by atoms with Crippen LogP contribution in [-0.4, -0.2) is 48.9 Å². The molecule has 0 aromatic carbocycles. The van der Waals surface area contributed by atoms with Crippen LogP contribution < -0.4 is 5.73 Å². The van der Waals surface area contributed by atoms with E-state index in [2.05, 4.69) is 0 Å². The summed E-state index contributed by atoms with van der Waals surface area (Å²) in [5, 5.41) is 0. The maximum atomic E-state index is 11.6. The van der Waals surface area contributed by atoms with Crippen LogP contribution in [0.15, 0.2) is 0 Å². The normalized spacial score (nSPS) is 40.0. The first-order valence-electron chi connectivity index (χ1n) is 5.18. The highest BCUT2D eigenvalue weighted by Crippen LogP contribution is 2.26. The van der Waals surface area contributed by atoms with Crippen molar-refractivity contribution in [2.45, 2.75) is 37.9 Å². The Balaban J connectivity index is 2.15. The van der Waals surface area contributed by atoms with Crippen LogP contribution in [0.3, 0.4) is 0 Å². The van der Waals surface area contributed by atoms with Crippen molar-refractivity contribution in [1.82, 2.24) is 4.90 Å². The van der Waals surface area contributed by atoms with Crippen LogP contribution >= 0.6 is 0 Å². The molecular weight excluding hydrogens is 216 g/mol. The Morgan fingerprint density at radius 1 is 1.47 bits per heavy atom. The van der Waals surface area contributed by atoms with Crippen molar-refractivity contribution >= 4 is 15.7 Å². The second kappa shape index (κ2) is 3.45. The minimum atomic E-state index is -2.93. The molecule has 1 amide bonds. The van der Waals surface area contributed by atoms with Crippen molar-refractivity contribution in [2.24, 2.45) is 5.73 Å². The summed E-state index contributed by atoms with van der Waals surface area (Å²) in [4.78, 5) is 13.3. The quantitative estimate of drug-likeness (QED) is 0.636. The van der Waals surface area contributed by atoms with E-state index >= 15 is 0 Å². The van der Waals surface area contributed by atoms with E-state index in [9.17, 15) is 13.2 Å². The molecule has 0 spiro atoms. The Hall–Kier alpha value is -0.620. The fourth-order valence-corrected chi connectivity index (χ4v) is 4.15. The maximum Gasteiger partial charge on any atom is 0.224 e. The highest BCUT2D eigenvalue weighted by molar-refractivity contribution is 7.91. The molecule has 2 fully saturated rings. The molecule has 0 aromatic heterocycles. The van der Waals surface area contributed by atoms with Crippen molar-refractivity contribution < 1.29 is 13.2 Å². The number of hydrogen-bond acceptors (Lipinski definition) is 4.